The van der Waals surface area contributed by atoms with E-state index < -0.39 is 24.0 Å². The van der Waals surface area contributed by atoms with Gasteiger partial charge in [0.15, 0.2) is 0 Å². The van der Waals surface area contributed by atoms with E-state index in [1.165, 1.54) is 0 Å². The van der Waals surface area contributed by atoms with Crippen LogP contribution in [0, 0.1) is 11.8 Å². The first-order valence-electron chi connectivity index (χ1n) is 4.19. The molecule has 13 heavy (non-hydrogen) atoms. The van der Waals surface area contributed by atoms with Gasteiger partial charge in [0, 0.05) is 0 Å². The molecule has 0 heterocycles. The van der Waals surface area contributed by atoms with Gasteiger partial charge in [0.25, 0.3) is 0 Å². The van der Waals surface area contributed by atoms with Crippen molar-refractivity contribution in [2.75, 3.05) is 0 Å². The first-order valence-corrected chi connectivity index (χ1v) is 4.19. The normalized spacial score (nSPS) is 30.2. The molecule has 1 saturated carbocycles. The summed E-state index contributed by atoms with van der Waals surface area (Å²) in [5, 5.41) is 0. The first kappa shape index (κ1) is 10.5. The van der Waals surface area contributed by atoms with Crippen molar-refractivity contribution in [3.05, 3.63) is 0 Å². The highest BCUT2D eigenvalue weighted by Crippen LogP contribution is 2.41. The zero-order chi connectivity index (χ0) is 10.1. The Labute approximate surface area is 73.1 Å². The van der Waals surface area contributed by atoms with Crippen LogP contribution in [0.4, 0.5) is 17.6 Å². The van der Waals surface area contributed by atoms with E-state index in [2.05, 4.69) is 0 Å². The molecule has 1 aliphatic rings. The van der Waals surface area contributed by atoms with Crippen molar-refractivity contribution in [3.63, 3.8) is 0 Å². The fourth-order valence-corrected chi connectivity index (χ4v) is 1.79. The Morgan fingerprint density at radius 2 is 1.69 bits per heavy atom. The van der Waals surface area contributed by atoms with E-state index in [9.17, 15) is 22.4 Å². The van der Waals surface area contributed by atoms with Crippen LogP contribution in [0.2, 0.25) is 0 Å². The molecule has 0 bridgehead atoms. The molecule has 0 spiro atoms. The van der Waals surface area contributed by atoms with Crippen molar-refractivity contribution >= 4 is 6.04 Å². The Bertz CT molecular complexity index is 199. The Morgan fingerprint density at radius 1 is 1.15 bits per heavy atom. The summed E-state index contributed by atoms with van der Waals surface area (Å²) < 4.78 is 48.9. The monoisotopic (exact) mass is 198 g/mol. The van der Waals surface area contributed by atoms with Gasteiger partial charge < -0.3 is 0 Å². The summed E-state index contributed by atoms with van der Waals surface area (Å²) in [6.07, 6.45) is -3.60. The molecule has 0 aromatic rings. The van der Waals surface area contributed by atoms with E-state index in [0.717, 1.165) is 0 Å². The van der Waals surface area contributed by atoms with E-state index in [4.69, 9.17) is 0 Å². The molecule has 1 fully saturated rings. The quantitative estimate of drug-likeness (QED) is 0.467. The van der Waals surface area contributed by atoms with Gasteiger partial charge in [0.2, 0.25) is 0 Å². The van der Waals surface area contributed by atoms with Crippen molar-refractivity contribution < 1.29 is 22.4 Å². The van der Waals surface area contributed by atoms with Crippen molar-refractivity contribution in [1.82, 2.24) is 0 Å². The average Bonchev–Trinajstić information content (AvgIpc) is 2.03. The second-order valence-corrected chi connectivity index (χ2v) is 3.34. The predicted octanol–water partition coefficient (Wildman–Crippen LogP) is 2.85. The zero-order valence-electron chi connectivity index (χ0n) is 6.90. The van der Waals surface area contributed by atoms with Crippen LogP contribution in [0.15, 0.2) is 0 Å². The lowest BCUT2D eigenvalue weighted by atomic mass is 9.79. The molecule has 0 aromatic heterocycles. The lowest BCUT2D eigenvalue weighted by molar-refractivity contribution is -0.200. The highest BCUT2D eigenvalue weighted by Gasteiger charge is 2.48. The number of rotatable bonds is 1. The summed E-state index contributed by atoms with van der Waals surface area (Å²) in [5.41, 5.74) is 0. The van der Waals surface area contributed by atoms with Gasteiger partial charge in [0.05, 0.1) is 11.8 Å². The molecule has 0 aromatic carbocycles. The van der Waals surface area contributed by atoms with E-state index >= 15 is 0 Å². The van der Waals surface area contributed by atoms with Crippen LogP contribution in [-0.4, -0.2) is 12.2 Å². The van der Waals surface area contributed by atoms with E-state index in [0.29, 0.717) is 12.8 Å². The molecule has 1 nitrogen and oxygen atoms in total. The lowest BCUT2D eigenvalue weighted by Crippen LogP contribution is -2.35. The Morgan fingerprint density at radius 3 is 2.08 bits per heavy atom. The molecule has 0 radical (unpaired) electrons. The standard InChI is InChI=1S/C8H10F4O/c9-7(13)5-3-1-2-4-6(5)8(10,11)12/h5-6H,1-4H2/t5-,6-/m1/s1. The summed E-state index contributed by atoms with van der Waals surface area (Å²) in [6.45, 7) is 0. The molecular formula is C8H10F4O. The highest BCUT2D eigenvalue weighted by molar-refractivity contribution is 5.71. The van der Waals surface area contributed by atoms with Gasteiger partial charge in [-0.05, 0) is 12.8 Å². The van der Waals surface area contributed by atoms with Gasteiger partial charge in [-0.2, -0.15) is 17.6 Å². The van der Waals surface area contributed by atoms with Crippen LogP contribution >= 0.6 is 0 Å². The third-order valence-corrected chi connectivity index (χ3v) is 2.48. The molecule has 0 unspecified atom stereocenters. The maximum atomic E-state index is 12.2. The minimum atomic E-state index is -4.44. The summed E-state index contributed by atoms with van der Waals surface area (Å²) >= 11 is 0. The van der Waals surface area contributed by atoms with E-state index in [1.807, 2.05) is 0 Å². The minimum absolute atomic E-state index is 0.0273. The number of carbonyl (C=O) groups excluding carboxylic acids is 1. The summed E-state index contributed by atoms with van der Waals surface area (Å²) in [5.74, 6) is -3.22. The molecule has 0 N–H and O–H groups in total. The predicted molar refractivity (Wildman–Crippen MR) is 37.6 cm³/mol. The van der Waals surface area contributed by atoms with Crippen molar-refractivity contribution in [1.29, 1.82) is 0 Å². The summed E-state index contributed by atoms with van der Waals surface area (Å²) in [7, 11) is 0. The number of halogens is 4. The van der Waals surface area contributed by atoms with Crippen LogP contribution in [0.3, 0.4) is 0 Å². The van der Waals surface area contributed by atoms with Crippen LogP contribution in [0.1, 0.15) is 25.7 Å². The molecule has 76 valence electrons. The third-order valence-electron chi connectivity index (χ3n) is 2.48. The molecule has 0 saturated heterocycles. The molecule has 1 aliphatic carbocycles. The molecule has 2 atom stereocenters. The molecule has 5 heteroatoms. The van der Waals surface area contributed by atoms with E-state index in [-0.39, 0.29) is 12.8 Å². The summed E-state index contributed by atoms with van der Waals surface area (Å²) in [4.78, 5) is 10.3. The van der Waals surface area contributed by atoms with Crippen LogP contribution in [0.5, 0.6) is 0 Å². The third kappa shape index (κ3) is 2.42. The number of carbonyl (C=O) groups is 1. The second-order valence-electron chi connectivity index (χ2n) is 3.34. The fourth-order valence-electron chi connectivity index (χ4n) is 1.79. The SMILES string of the molecule is O=C(F)[C@@H]1CCCC[C@H]1C(F)(F)F. The smallest absolute Gasteiger partial charge is 0.261 e. The van der Waals surface area contributed by atoms with Crippen molar-refractivity contribution in [3.8, 4) is 0 Å². The second kappa shape index (κ2) is 3.64. The number of hydrogen-bond donors (Lipinski definition) is 0. The van der Waals surface area contributed by atoms with Crippen LogP contribution in [0.25, 0.3) is 0 Å². The maximum absolute atomic E-state index is 12.2. The number of alkyl halides is 3. The largest absolute Gasteiger partial charge is 0.392 e. The van der Waals surface area contributed by atoms with Crippen LogP contribution in [-0.2, 0) is 4.79 Å². The average molecular weight is 198 g/mol. The minimum Gasteiger partial charge on any atom is -0.261 e. The van der Waals surface area contributed by atoms with Crippen molar-refractivity contribution in [2.45, 2.75) is 31.9 Å². The van der Waals surface area contributed by atoms with Gasteiger partial charge in [-0.1, -0.05) is 12.8 Å². The zero-order valence-corrected chi connectivity index (χ0v) is 6.90. The molecule has 1 rings (SSSR count). The lowest BCUT2D eigenvalue weighted by Gasteiger charge is -2.29. The van der Waals surface area contributed by atoms with Gasteiger partial charge in [-0.15, -0.1) is 0 Å². The summed E-state index contributed by atoms with van der Waals surface area (Å²) in [6, 6.07) is -1.82. The van der Waals surface area contributed by atoms with Gasteiger partial charge in [-0.25, -0.2) is 0 Å². The van der Waals surface area contributed by atoms with E-state index in [1.54, 1.807) is 0 Å². The molecule has 0 amide bonds. The van der Waals surface area contributed by atoms with Crippen molar-refractivity contribution in [2.24, 2.45) is 11.8 Å². The van der Waals surface area contributed by atoms with Gasteiger partial charge in [0.1, 0.15) is 0 Å². The first-order chi connectivity index (χ1) is 5.93. The molecular weight excluding hydrogens is 188 g/mol. The Kier molecular flexibility index (Phi) is 2.93. The Balaban J connectivity index is 2.73. The fraction of sp³-hybridized carbons (Fsp3) is 0.875. The topological polar surface area (TPSA) is 17.1 Å². The highest BCUT2D eigenvalue weighted by atomic mass is 19.4. The number of hydrogen-bond acceptors (Lipinski definition) is 1. The molecule has 0 aliphatic heterocycles. The van der Waals surface area contributed by atoms with Crippen LogP contribution < -0.4 is 0 Å². The van der Waals surface area contributed by atoms with Gasteiger partial charge >= 0.3 is 12.2 Å². The Hall–Kier alpha value is -0.610. The maximum Gasteiger partial charge on any atom is 0.392 e. The van der Waals surface area contributed by atoms with Gasteiger partial charge in [-0.3, -0.25) is 4.79 Å².